The van der Waals surface area contributed by atoms with Gasteiger partial charge in [0.15, 0.2) is 0 Å². The molecular weight excluding hydrogens is 400 g/mol. The van der Waals surface area contributed by atoms with Crippen LogP contribution in [0.15, 0.2) is 24.5 Å². The Morgan fingerprint density at radius 3 is 2.03 bits per heavy atom. The van der Waals surface area contributed by atoms with Crippen molar-refractivity contribution in [2.75, 3.05) is 23.7 Å². The number of nitrogen functional groups attached to an aromatic ring is 1. The standard InChI is InChI=1S/C24H42N4Si2/c1-19-26-11-13-28(19)22-8-12-27(18-22)23-16-20(9-14-29(2,3)4)24(25)21(17-23)10-15-30(5,6)7/h11,13,16-17,22H,8-10,12,14-15,18,25H2,1-7H3. The predicted octanol–water partition coefficient (Wildman–Crippen LogP) is 5.99. The van der Waals surface area contributed by atoms with Crippen molar-refractivity contribution in [1.29, 1.82) is 0 Å². The topological polar surface area (TPSA) is 47.1 Å². The van der Waals surface area contributed by atoms with Crippen molar-refractivity contribution in [2.24, 2.45) is 0 Å². The van der Waals surface area contributed by atoms with Gasteiger partial charge in [-0.2, -0.15) is 0 Å². The molecule has 2 aromatic rings. The highest BCUT2D eigenvalue weighted by Gasteiger charge is 2.26. The fourth-order valence-electron chi connectivity index (χ4n) is 4.35. The van der Waals surface area contributed by atoms with Gasteiger partial charge in [0, 0.05) is 53.0 Å². The van der Waals surface area contributed by atoms with Crippen LogP contribution in [-0.4, -0.2) is 38.8 Å². The second-order valence-corrected chi connectivity index (χ2v) is 22.8. The molecule has 1 atom stereocenters. The highest BCUT2D eigenvalue weighted by molar-refractivity contribution is 6.76. The van der Waals surface area contributed by atoms with Gasteiger partial charge in [-0.25, -0.2) is 4.98 Å². The minimum Gasteiger partial charge on any atom is -0.398 e. The Morgan fingerprint density at radius 2 is 1.57 bits per heavy atom. The summed E-state index contributed by atoms with van der Waals surface area (Å²) in [7, 11) is -2.21. The maximum Gasteiger partial charge on any atom is 0.105 e. The fraction of sp³-hybridized carbons (Fsp3) is 0.625. The van der Waals surface area contributed by atoms with Crippen LogP contribution in [0.2, 0.25) is 51.4 Å². The van der Waals surface area contributed by atoms with E-state index in [1.54, 1.807) is 0 Å². The van der Waals surface area contributed by atoms with E-state index in [4.69, 9.17) is 5.73 Å². The van der Waals surface area contributed by atoms with Crippen molar-refractivity contribution in [1.82, 2.24) is 9.55 Å². The Bertz CT molecular complexity index is 822. The van der Waals surface area contributed by atoms with Gasteiger partial charge in [0.2, 0.25) is 0 Å². The maximum atomic E-state index is 6.73. The summed E-state index contributed by atoms with van der Waals surface area (Å²) in [5, 5.41) is 0. The molecule has 6 heteroatoms. The summed E-state index contributed by atoms with van der Waals surface area (Å²) >= 11 is 0. The van der Waals surface area contributed by atoms with Gasteiger partial charge in [-0.15, -0.1) is 0 Å². The zero-order chi connectivity index (χ0) is 22.1. The van der Waals surface area contributed by atoms with Gasteiger partial charge in [0.1, 0.15) is 5.82 Å². The summed E-state index contributed by atoms with van der Waals surface area (Å²) in [5.74, 6) is 1.12. The molecule has 0 saturated carbocycles. The zero-order valence-electron chi connectivity index (χ0n) is 20.3. The van der Waals surface area contributed by atoms with Gasteiger partial charge >= 0.3 is 0 Å². The maximum absolute atomic E-state index is 6.73. The van der Waals surface area contributed by atoms with Crippen LogP contribution in [-0.2, 0) is 12.8 Å². The first-order chi connectivity index (χ1) is 13.9. The molecule has 1 unspecified atom stereocenters. The van der Waals surface area contributed by atoms with E-state index in [1.165, 1.54) is 35.3 Å². The molecule has 0 bridgehead atoms. The number of benzene rings is 1. The highest BCUT2D eigenvalue weighted by Crippen LogP contribution is 2.34. The highest BCUT2D eigenvalue weighted by atomic mass is 28.3. The van der Waals surface area contributed by atoms with Crippen LogP contribution in [0.4, 0.5) is 11.4 Å². The number of anilines is 2. The Balaban J connectivity index is 1.86. The first kappa shape index (κ1) is 23.1. The van der Waals surface area contributed by atoms with Gasteiger partial charge in [0.05, 0.1) is 6.04 Å². The summed E-state index contributed by atoms with van der Waals surface area (Å²) in [6.07, 6.45) is 7.46. The first-order valence-electron chi connectivity index (χ1n) is 11.6. The minimum atomic E-state index is -1.10. The van der Waals surface area contributed by atoms with Crippen LogP contribution in [0.25, 0.3) is 0 Å². The van der Waals surface area contributed by atoms with Crippen molar-refractivity contribution in [3.63, 3.8) is 0 Å². The number of rotatable bonds is 8. The van der Waals surface area contributed by atoms with E-state index in [2.05, 4.69) is 79.0 Å². The van der Waals surface area contributed by atoms with Crippen molar-refractivity contribution >= 4 is 27.5 Å². The van der Waals surface area contributed by atoms with Crippen LogP contribution < -0.4 is 10.6 Å². The average Bonchev–Trinajstić information content (AvgIpc) is 3.27. The molecule has 1 aliphatic rings. The molecule has 1 aliphatic heterocycles. The third-order valence-corrected chi connectivity index (χ3v) is 9.91. The lowest BCUT2D eigenvalue weighted by molar-refractivity contribution is 0.538. The number of aryl methyl sites for hydroxylation is 3. The average molecular weight is 443 g/mol. The normalized spacial score (nSPS) is 17.7. The van der Waals surface area contributed by atoms with Crippen LogP contribution in [0.3, 0.4) is 0 Å². The van der Waals surface area contributed by atoms with Crippen molar-refractivity contribution in [2.45, 2.75) is 83.6 Å². The molecule has 2 heterocycles. The molecule has 1 saturated heterocycles. The molecule has 0 spiro atoms. The van der Waals surface area contributed by atoms with Crippen LogP contribution in [0.5, 0.6) is 0 Å². The zero-order valence-corrected chi connectivity index (χ0v) is 22.3. The Hall–Kier alpha value is -1.54. The van der Waals surface area contributed by atoms with E-state index in [1.807, 2.05) is 6.20 Å². The third-order valence-electron chi connectivity index (χ3n) is 6.41. The number of imidazole rings is 1. The molecular formula is C24H42N4Si2. The van der Waals surface area contributed by atoms with E-state index in [0.717, 1.165) is 37.4 Å². The number of hydrogen-bond acceptors (Lipinski definition) is 3. The molecule has 0 amide bonds. The molecule has 2 N–H and O–H groups in total. The number of aromatic nitrogens is 2. The van der Waals surface area contributed by atoms with Crippen LogP contribution in [0.1, 0.15) is 29.4 Å². The molecule has 1 aromatic carbocycles. The molecule has 30 heavy (non-hydrogen) atoms. The third kappa shape index (κ3) is 6.00. The molecule has 166 valence electrons. The first-order valence-corrected chi connectivity index (χ1v) is 19.0. The number of hydrogen-bond donors (Lipinski definition) is 1. The minimum absolute atomic E-state index is 0.515. The van der Waals surface area contributed by atoms with Gasteiger partial charge in [-0.3, -0.25) is 0 Å². The molecule has 0 radical (unpaired) electrons. The molecule has 1 fully saturated rings. The van der Waals surface area contributed by atoms with Crippen LogP contribution in [0, 0.1) is 6.92 Å². The molecule has 0 aliphatic carbocycles. The summed E-state index contributed by atoms with van der Waals surface area (Å²) < 4.78 is 2.34. The number of nitrogens with two attached hydrogens (primary N) is 1. The molecule has 3 rings (SSSR count). The molecule has 1 aromatic heterocycles. The summed E-state index contributed by atoms with van der Waals surface area (Å²) in [4.78, 5) is 7.00. The largest absolute Gasteiger partial charge is 0.398 e. The second-order valence-electron chi connectivity index (χ2n) is 11.6. The quantitative estimate of drug-likeness (QED) is 0.403. The number of nitrogens with zero attached hydrogens (tertiary/aromatic N) is 3. The van der Waals surface area contributed by atoms with E-state index in [-0.39, 0.29) is 0 Å². The summed E-state index contributed by atoms with van der Waals surface area (Å²) in [5.41, 5.74) is 11.9. The van der Waals surface area contributed by atoms with E-state index in [0.29, 0.717) is 6.04 Å². The van der Waals surface area contributed by atoms with Gasteiger partial charge in [-0.1, -0.05) is 51.4 Å². The predicted molar refractivity (Wildman–Crippen MR) is 137 cm³/mol. The Kier molecular flexibility index (Phi) is 6.87. The van der Waals surface area contributed by atoms with Crippen molar-refractivity contribution in [3.8, 4) is 0 Å². The smallest absolute Gasteiger partial charge is 0.105 e. The van der Waals surface area contributed by atoms with E-state index >= 15 is 0 Å². The van der Waals surface area contributed by atoms with Gasteiger partial charge in [-0.05, 0) is 49.4 Å². The fourth-order valence-corrected chi connectivity index (χ4v) is 6.39. The van der Waals surface area contributed by atoms with Gasteiger partial charge < -0.3 is 15.2 Å². The van der Waals surface area contributed by atoms with Gasteiger partial charge in [0.25, 0.3) is 0 Å². The Labute approximate surface area is 185 Å². The monoisotopic (exact) mass is 442 g/mol. The summed E-state index contributed by atoms with van der Waals surface area (Å²) in [6, 6.07) is 7.91. The van der Waals surface area contributed by atoms with Crippen molar-refractivity contribution in [3.05, 3.63) is 41.5 Å². The van der Waals surface area contributed by atoms with E-state index in [9.17, 15) is 0 Å². The van der Waals surface area contributed by atoms with Crippen LogP contribution >= 0.6 is 0 Å². The summed E-state index contributed by atoms with van der Waals surface area (Å²) in [6.45, 7) is 19.0. The second kappa shape index (κ2) is 8.91. The molecule has 4 nitrogen and oxygen atoms in total. The lowest BCUT2D eigenvalue weighted by Crippen LogP contribution is -2.23. The lowest BCUT2D eigenvalue weighted by Gasteiger charge is -2.25. The SMILES string of the molecule is Cc1nccn1C1CCN(c2cc(CC[Si](C)(C)C)c(N)c(CC[Si](C)(C)C)c2)C1. The Morgan fingerprint density at radius 1 is 1.00 bits per heavy atom. The van der Waals surface area contributed by atoms with E-state index < -0.39 is 16.1 Å². The van der Waals surface area contributed by atoms with Crippen molar-refractivity contribution < 1.29 is 0 Å². The lowest BCUT2D eigenvalue weighted by atomic mass is 10.0.